The quantitative estimate of drug-likeness (QED) is 0.471. The van der Waals surface area contributed by atoms with Gasteiger partial charge in [-0.1, -0.05) is 19.1 Å². The van der Waals surface area contributed by atoms with E-state index >= 15 is 0 Å². The molecule has 1 aliphatic carbocycles. The lowest BCUT2D eigenvalue weighted by Gasteiger charge is -2.24. The minimum absolute atomic E-state index is 0.513. The first kappa shape index (κ1) is 11.9. The van der Waals surface area contributed by atoms with Crippen LogP contribution in [0.15, 0.2) is 24.5 Å². The van der Waals surface area contributed by atoms with Crippen LogP contribution in [0.1, 0.15) is 19.8 Å². The lowest BCUT2D eigenvalue weighted by atomic mass is 9.85. The Morgan fingerprint density at radius 2 is 2.24 bits per heavy atom. The predicted molar refractivity (Wildman–Crippen MR) is 66.4 cm³/mol. The van der Waals surface area contributed by atoms with Crippen LogP contribution in [0.3, 0.4) is 0 Å². The number of nitrogens with one attached hydrogen (secondary N) is 1. The SMILES string of the molecule is CC1CC=CCC1COc1cncc(NN)n1. The molecule has 0 saturated heterocycles. The first-order chi connectivity index (χ1) is 8.29. The summed E-state index contributed by atoms with van der Waals surface area (Å²) < 4.78 is 5.66. The number of ether oxygens (including phenoxy) is 1. The number of hydrazine groups is 1. The fraction of sp³-hybridized carbons (Fsp3) is 0.500. The fourth-order valence-corrected chi connectivity index (χ4v) is 1.92. The molecule has 92 valence electrons. The van der Waals surface area contributed by atoms with Gasteiger partial charge in [-0.25, -0.2) is 5.84 Å². The van der Waals surface area contributed by atoms with E-state index in [2.05, 4.69) is 34.5 Å². The van der Waals surface area contributed by atoms with Crippen LogP contribution in [0.2, 0.25) is 0 Å². The van der Waals surface area contributed by atoms with E-state index in [4.69, 9.17) is 10.6 Å². The molecule has 1 aliphatic rings. The molecule has 0 radical (unpaired) electrons. The van der Waals surface area contributed by atoms with Crippen molar-refractivity contribution in [2.24, 2.45) is 17.7 Å². The standard InChI is InChI=1S/C12H18N4O/c1-9-4-2-3-5-10(9)8-17-12-7-14-6-11(15-12)16-13/h2-3,6-7,9-10H,4-5,8,13H2,1H3,(H,15,16). The van der Waals surface area contributed by atoms with Crippen molar-refractivity contribution in [3.8, 4) is 5.88 Å². The second-order valence-corrected chi connectivity index (χ2v) is 4.38. The van der Waals surface area contributed by atoms with Crippen molar-refractivity contribution in [1.29, 1.82) is 0 Å². The number of hydrogen-bond donors (Lipinski definition) is 2. The minimum atomic E-state index is 0.513. The monoisotopic (exact) mass is 234 g/mol. The lowest BCUT2D eigenvalue weighted by molar-refractivity contribution is 0.192. The zero-order chi connectivity index (χ0) is 12.1. The molecule has 5 heteroatoms. The molecule has 0 spiro atoms. The highest BCUT2D eigenvalue weighted by Gasteiger charge is 2.19. The number of aromatic nitrogens is 2. The Morgan fingerprint density at radius 3 is 3.00 bits per heavy atom. The number of rotatable bonds is 4. The first-order valence-electron chi connectivity index (χ1n) is 5.86. The van der Waals surface area contributed by atoms with Gasteiger partial charge < -0.3 is 10.2 Å². The maximum Gasteiger partial charge on any atom is 0.234 e. The van der Waals surface area contributed by atoms with Gasteiger partial charge in [0, 0.05) is 0 Å². The molecule has 0 aliphatic heterocycles. The molecular formula is C12H18N4O. The molecule has 5 nitrogen and oxygen atoms in total. The molecule has 1 heterocycles. The highest BCUT2D eigenvalue weighted by Crippen LogP contribution is 2.25. The van der Waals surface area contributed by atoms with Crippen molar-refractivity contribution >= 4 is 5.82 Å². The van der Waals surface area contributed by atoms with Crippen LogP contribution in [0.5, 0.6) is 5.88 Å². The van der Waals surface area contributed by atoms with Crippen molar-refractivity contribution in [3.63, 3.8) is 0 Å². The van der Waals surface area contributed by atoms with Gasteiger partial charge in [0.1, 0.15) is 0 Å². The molecule has 0 fully saturated rings. The molecular weight excluding hydrogens is 216 g/mol. The number of hydrogen-bond acceptors (Lipinski definition) is 5. The molecule has 0 saturated carbocycles. The second kappa shape index (κ2) is 5.63. The number of nitrogens with zero attached hydrogens (tertiary/aromatic N) is 2. The average Bonchev–Trinajstić information content (AvgIpc) is 2.38. The van der Waals surface area contributed by atoms with Crippen LogP contribution in [-0.4, -0.2) is 16.6 Å². The van der Waals surface area contributed by atoms with E-state index in [1.165, 1.54) is 0 Å². The van der Waals surface area contributed by atoms with E-state index in [0.717, 1.165) is 12.8 Å². The molecule has 2 rings (SSSR count). The Labute approximate surface area is 101 Å². The van der Waals surface area contributed by atoms with Gasteiger partial charge in [0.15, 0.2) is 5.82 Å². The Hall–Kier alpha value is -1.62. The highest BCUT2D eigenvalue weighted by molar-refractivity contribution is 5.31. The summed E-state index contributed by atoms with van der Waals surface area (Å²) >= 11 is 0. The van der Waals surface area contributed by atoms with Crippen LogP contribution in [0.25, 0.3) is 0 Å². The number of allylic oxidation sites excluding steroid dienone is 2. The third-order valence-electron chi connectivity index (χ3n) is 3.12. The summed E-state index contributed by atoms with van der Waals surface area (Å²) in [5, 5.41) is 0. The maximum absolute atomic E-state index is 5.66. The number of nitrogen functional groups attached to an aromatic ring is 1. The lowest BCUT2D eigenvalue weighted by Crippen LogP contribution is -2.21. The highest BCUT2D eigenvalue weighted by atomic mass is 16.5. The van der Waals surface area contributed by atoms with Gasteiger partial charge in [-0.05, 0) is 24.7 Å². The van der Waals surface area contributed by atoms with E-state index in [1.807, 2.05) is 0 Å². The van der Waals surface area contributed by atoms with Gasteiger partial charge in [-0.2, -0.15) is 4.98 Å². The summed E-state index contributed by atoms with van der Waals surface area (Å²) in [5.41, 5.74) is 2.45. The van der Waals surface area contributed by atoms with Gasteiger partial charge in [-0.15, -0.1) is 0 Å². The van der Waals surface area contributed by atoms with Crippen LogP contribution in [0.4, 0.5) is 5.82 Å². The largest absolute Gasteiger partial charge is 0.476 e. The topological polar surface area (TPSA) is 73.1 Å². The van der Waals surface area contributed by atoms with Crippen LogP contribution in [-0.2, 0) is 0 Å². The molecule has 17 heavy (non-hydrogen) atoms. The predicted octanol–water partition coefficient (Wildman–Crippen LogP) is 1.74. The Bertz CT molecular complexity index is 394. The number of nitrogens with two attached hydrogens (primary N) is 1. The maximum atomic E-state index is 5.66. The normalized spacial score (nSPS) is 23.4. The Kier molecular flexibility index (Phi) is 3.93. The van der Waals surface area contributed by atoms with E-state index in [-0.39, 0.29) is 0 Å². The van der Waals surface area contributed by atoms with Crippen molar-refractivity contribution in [2.75, 3.05) is 12.0 Å². The van der Waals surface area contributed by atoms with Crippen molar-refractivity contribution in [3.05, 3.63) is 24.5 Å². The van der Waals surface area contributed by atoms with Gasteiger partial charge in [0.05, 0.1) is 19.0 Å². The summed E-state index contributed by atoms with van der Waals surface area (Å²) in [4.78, 5) is 8.16. The molecule has 0 bridgehead atoms. The Morgan fingerprint density at radius 1 is 1.41 bits per heavy atom. The summed E-state index contributed by atoms with van der Waals surface area (Å²) in [6.45, 7) is 2.93. The van der Waals surface area contributed by atoms with Crippen molar-refractivity contribution < 1.29 is 4.74 Å². The average molecular weight is 234 g/mol. The molecule has 1 aromatic rings. The fourth-order valence-electron chi connectivity index (χ4n) is 1.92. The zero-order valence-electron chi connectivity index (χ0n) is 9.97. The van der Waals surface area contributed by atoms with Crippen LogP contribution in [0, 0.1) is 11.8 Å². The molecule has 2 atom stereocenters. The molecule has 3 N–H and O–H groups in total. The number of anilines is 1. The summed E-state index contributed by atoms with van der Waals surface area (Å²) in [5.74, 6) is 7.50. The van der Waals surface area contributed by atoms with E-state index < -0.39 is 0 Å². The summed E-state index contributed by atoms with van der Waals surface area (Å²) in [6.07, 6.45) is 9.81. The summed E-state index contributed by atoms with van der Waals surface area (Å²) in [6, 6.07) is 0. The van der Waals surface area contributed by atoms with Gasteiger partial charge in [-0.3, -0.25) is 4.98 Å². The van der Waals surface area contributed by atoms with Crippen molar-refractivity contribution in [2.45, 2.75) is 19.8 Å². The van der Waals surface area contributed by atoms with Crippen molar-refractivity contribution in [1.82, 2.24) is 9.97 Å². The zero-order valence-corrected chi connectivity index (χ0v) is 9.97. The van der Waals surface area contributed by atoms with Gasteiger partial charge in [0.25, 0.3) is 0 Å². The molecule has 1 aromatic heterocycles. The summed E-state index contributed by atoms with van der Waals surface area (Å²) in [7, 11) is 0. The third-order valence-corrected chi connectivity index (χ3v) is 3.12. The minimum Gasteiger partial charge on any atom is -0.476 e. The van der Waals surface area contributed by atoms with Crippen LogP contribution < -0.4 is 16.0 Å². The van der Waals surface area contributed by atoms with E-state index in [9.17, 15) is 0 Å². The molecule has 2 unspecified atom stereocenters. The van der Waals surface area contributed by atoms with Gasteiger partial charge >= 0.3 is 0 Å². The smallest absolute Gasteiger partial charge is 0.234 e. The van der Waals surface area contributed by atoms with Crippen LogP contribution >= 0.6 is 0 Å². The molecule has 0 aromatic carbocycles. The third kappa shape index (κ3) is 3.17. The molecule has 0 amide bonds. The second-order valence-electron chi connectivity index (χ2n) is 4.38. The van der Waals surface area contributed by atoms with E-state index in [0.29, 0.717) is 30.1 Å². The van der Waals surface area contributed by atoms with E-state index in [1.54, 1.807) is 12.4 Å². The first-order valence-corrected chi connectivity index (χ1v) is 5.86. The Balaban J connectivity index is 1.90. The van der Waals surface area contributed by atoms with Gasteiger partial charge in [0.2, 0.25) is 5.88 Å².